The first-order valence-electron chi connectivity index (χ1n) is 8.04. The number of nitrogens with zero attached hydrogens (tertiary/aromatic N) is 2. The average molecular weight is 340 g/mol. The highest BCUT2D eigenvalue weighted by atomic mass is 19.4. The van der Waals surface area contributed by atoms with Gasteiger partial charge < -0.3 is 9.80 Å². The molecule has 4 nitrogen and oxygen atoms in total. The molecule has 2 amide bonds. The highest BCUT2D eigenvalue weighted by molar-refractivity contribution is 6.11. The lowest BCUT2D eigenvalue weighted by atomic mass is 9.77. The van der Waals surface area contributed by atoms with Crippen LogP contribution >= 0.6 is 0 Å². The van der Waals surface area contributed by atoms with Gasteiger partial charge in [0.25, 0.3) is 0 Å². The summed E-state index contributed by atoms with van der Waals surface area (Å²) in [6.45, 7) is -0.215. The molecule has 2 aliphatic rings. The molecule has 0 unspecified atom stereocenters. The number of rotatable bonds is 1. The Bertz CT molecular complexity index is 659. The number of fused-ring (bicyclic) bond motifs is 1. The van der Waals surface area contributed by atoms with Crippen LogP contribution in [0.3, 0.4) is 0 Å². The molecule has 3 rings (SSSR count). The van der Waals surface area contributed by atoms with E-state index in [2.05, 4.69) is 0 Å². The lowest BCUT2D eigenvalue weighted by Gasteiger charge is -2.39. The van der Waals surface area contributed by atoms with Gasteiger partial charge in [-0.15, -0.1) is 0 Å². The molecule has 1 heterocycles. The van der Waals surface area contributed by atoms with E-state index in [0.717, 1.165) is 0 Å². The Morgan fingerprint density at radius 2 is 1.75 bits per heavy atom. The number of carbonyl (C=O) groups excluding carboxylic acids is 2. The highest BCUT2D eigenvalue weighted by Gasteiger charge is 2.49. The van der Waals surface area contributed by atoms with Crippen LogP contribution in [-0.4, -0.2) is 31.6 Å². The maximum atomic E-state index is 13.3. The molecule has 1 aliphatic heterocycles. The van der Waals surface area contributed by atoms with Crippen LogP contribution in [0, 0.1) is 11.8 Å². The normalized spacial score (nSPS) is 24.8. The number of amides is 2. The molecule has 130 valence electrons. The number of hydrogen-bond donors (Lipinski definition) is 0. The molecule has 0 saturated heterocycles. The molecular formula is C17H19F3N2O2. The van der Waals surface area contributed by atoms with Gasteiger partial charge in [-0.05, 0) is 25.0 Å². The standard InChI is InChI=1S/C17H19F3N2O2/c1-21-13-8-4-5-9-14(13)22(10-15(21)23)16(24)11-6-2-3-7-12(11)17(18,19)20/h4-5,8-9,11-12H,2-3,6-7,10H2,1H3/t11-,12-/m1/s1. The van der Waals surface area contributed by atoms with Gasteiger partial charge in [0, 0.05) is 13.0 Å². The van der Waals surface area contributed by atoms with Crippen LogP contribution in [0.2, 0.25) is 0 Å². The summed E-state index contributed by atoms with van der Waals surface area (Å²) in [7, 11) is 1.60. The molecule has 24 heavy (non-hydrogen) atoms. The van der Waals surface area contributed by atoms with E-state index in [1.807, 2.05) is 0 Å². The molecule has 0 N–H and O–H groups in total. The van der Waals surface area contributed by atoms with Crippen molar-refractivity contribution in [2.75, 3.05) is 23.4 Å². The van der Waals surface area contributed by atoms with E-state index in [9.17, 15) is 22.8 Å². The van der Waals surface area contributed by atoms with E-state index < -0.39 is 23.9 Å². The zero-order valence-corrected chi connectivity index (χ0v) is 13.3. The maximum Gasteiger partial charge on any atom is 0.392 e. The van der Waals surface area contributed by atoms with E-state index >= 15 is 0 Å². The van der Waals surface area contributed by atoms with E-state index in [0.29, 0.717) is 24.2 Å². The number of para-hydroxylation sites is 2. The van der Waals surface area contributed by atoms with Gasteiger partial charge in [-0.25, -0.2) is 0 Å². The number of benzene rings is 1. The van der Waals surface area contributed by atoms with Crippen molar-refractivity contribution < 1.29 is 22.8 Å². The van der Waals surface area contributed by atoms with Gasteiger partial charge in [0.15, 0.2) is 0 Å². The molecule has 2 atom stereocenters. The largest absolute Gasteiger partial charge is 0.392 e. The number of halogens is 3. The summed E-state index contributed by atoms with van der Waals surface area (Å²) in [5.74, 6) is -3.63. The Labute approximate surface area is 138 Å². The van der Waals surface area contributed by atoms with Crippen molar-refractivity contribution >= 4 is 23.2 Å². The van der Waals surface area contributed by atoms with Crippen LogP contribution < -0.4 is 9.80 Å². The Balaban J connectivity index is 1.94. The van der Waals surface area contributed by atoms with Gasteiger partial charge >= 0.3 is 6.18 Å². The van der Waals surface area contributed by atoms with Crippen LogP contribution in [0.4, 0.5) is 24.5 Å². The topological polar surface area (TPSA) is 40.6 Å². The van der Waals surface area contributed by atoms with Gasteiger partial charge in [0.05, 0.1) is 17.3 Å². The monoisotopic (exact) mass is 340 g/mol. The zero-order chi connectivity index (χ0) is 17.5. The van der Waals surface area contributed by atoms with Crippen LogP contribution in [-0.2, 0) is 9.59 Å². The summed E-state index contributed by atoms with van der Waals surface area (Å²) in [5.41, 5.74) is 1.04. The minimum Gasteiger partial charge on any atom is -0.312 e. The van der Waals surface area contributed by atoms with Crippen LogP contribution in [0.5, 0.6) is 0 Å². The molecule has 1 saturated carbocycles. The number of likely N-dealkylation sites (N-methyl/N-ethyl adjacent to an activating group) is 1. The van der Waals surface area contributed by atoms with E-state index in [-0.39, 0.29) is 25.3 Å². The SMILES string of the molecule is CN1C(=O)CN(C(=O)[C@@H]2CCCC[C@H]2C(F)(F)F)c2ccccc21. The highest BCUT2D eigenvalue weighted by Crippen LogP contribution is 2.43. The van der Waals surface area contributed by atoms with Crippen molar-refractivity contribution in [1.29, 1.82) is 0 Å². The predicted molar refractivity (Wildman–Crippen MR) is 83.7 cm³/mol. The molecule has 7 heteroatoms. The van der Waals surface area contributed by atoms with Gasteiger partial charge in [0.2, 0.25) is 11.8 Å². The molecule has 0 spiro atoms. The second kappa shape index (κ2) is 6.11. The van der Waals surface area contributed by atoms with Gasteiger partial charge in [0.1, 0.15) is 6.54 Å². The maximum absolute atomic E-state index is 13.3. The molecule has 0 bridgehead atoms. The van der Waals surface area contributed by atoms with Crippen LogP contribution in [0.15, 0.2) is 24.3 Å². The fourth-order valence-electron chi connectivity index (χ4n) is 3.65. The van der Waals surface area contributed by atoms with Crippen LogP contribution in [0.1, 0.15) is 25.7 Å². The quantitative estimate of drug-likeness (QED) is 0.786. The smallest absolute Gasteiger partial charge is 0.312 e. The zero-order valence-electron chi connectivity index (χ0n) is 13.3. The van der Waals surface area contributed by atoms with Crippen molar-refractivity contribution in [3.63, 3.8) is 0 Å². The summed E-state index contributed by atoms with van der Waals surface area (Å²) in [6, 6.07) is 6.80. The van der Waals surface area contributed by atoms with Crippen molar-refractivity contribution in [3.05, 3.63) is 24.3 Å². The van der Waals surface area contributed by atoms with Gasteiger partial charge in [-0.2, -0.15) is 13.2 Å². The second-order valence-electron chi connectivity index (χ2n) is 6.40. The molecular weight excluding hydrogens is 321 g/mol. The summed E-state index contributed by atoms with van der Waals surface area (Å²) >= 11 is 0. The van der Waals surface area contributed by atoms with Crippen molar-refractivity contribution in [2.24, 2.45) is 11.8 Å². The third-order valence-corrected chi connectivity index (χ3v) is 4.97. The molecule has 1 aliphatic carbocycles. The first kappa shape index (κ1) is 16.8. The first-order valence-corrected chi connectivity index (χ1v) is 8.04. The number of alkyl halides is 3. The summed E-state index contributed by atoms with van der Waals surface area (Å²) in [5, 5.41) is 0. The van der Waals surface area contributed by atoms with Crippen LogP contribution in [0.25, 0.3) is 0 Å². The number of anilines is 2. The second-order valence-corrected chi connectivity index (χ2v) is 6.40. The lowest BCUT2D eigenvalue weighted by Crippen LogP contribution is -2.51. The molecule has 0 radical (unpaired) electrons. The number of hydrogen-bond acceptors (Lipinski definition) is 2. The average Bonchev–Trinajstić information content (AvgIpc) is 2.57. The first-order chi connectivity index (χ1) is 11.3. The van der Waals surface area contributed by atoms with Crippen molar-refractivity contribution in [1.82, 2.24) is 0 Å². The minimum absolute atomic E-state index is 0.0246. The van der Waals surface area contributed by atoms with Gasteiger partial charge in [-0.1, -0.05) is 25.0 Å². The van der Waals surface area contributed by atoms with Crippen molar-refractivity contribution in [2.45, 2.75) is 31.9 Å². The lowest BCUT2D eigenvalue weighted by molar-refractivity contribution is -0.197. The number of carbonyl (C=O) groups is 2. The van der Waals surface area contributed by atoms with E-state index in [4.69, 9.17) is 0 Å². The Hall–Kier alpha value is -2.05. The van der Waals surface area contributed by atoms with Crippen molar-refractivity contribution in [3.8, 4) is 0 Å². The Morgan fingerprint density at radius 1 is 1.12 bits per heavy atom. The Kier molecular flexibility index (Phi) is 4.27. The summed E-state index contributed by atoms with van der Waals surface area (Å²) in [4.78, 5) is 27.7. The Morgan fingerprint density at radius 3 is 2.42 bits per heavy atom. The third kappa shape index (κ3) is 2.87. The fourth-order valence-corrected chi connectivity index (χ4v) is 3.65. The summed E-state index contributed by atoms with van der Waals surface area (Å²) < 4.78 is 39.9. The third-order valence-electron chi connectivity index (χ3n) is 4.97. The molecule has 1 aromatic carbocycles. The van der Waals surface area contributed by atoms with E-state index in [1.165, 1.54) is 9.80 Å². The molecule has 1 aromatic rings. The molecule has 1 fully saturated rings. The molecule has 0 aromatic heterocycles. The van der Waals surface area contributed by atoms with Gasteiger partial charge in [-0.3, -0.25) is 9.59 Å². The van der Waals surface area contributed by atoms with E-state index in [1.54, 1.807) is 31.3 Å². The summed E-state index contributed by atoms with van der Waals surface area (Å²) in [6.07, 6.45) is -3.12. The predicted octanol–water partition coefficient (Wildman–Crippen LogP) is 3.36. The minimum atomic E-state index is -4.39. The fraction of sp³-hybridized carbons (Fsp3) is 0.529.